The van der Waals surface area contributed by atoms with Crippen molar-refractivity contribution >= 4 is 51.6 Å². The van der Waals surface area contributed by atoms with Gasteiger partial charge in [0.2, 0.25) is 0 Å². The molecule has 0 atom stereocenters. The highest BCUT2D eigenvalue weighted by molar-refractivity contribution is 8.26. The highest BCUT2D eigenvalue weighted by Crippen LogP contribution is 2.32. The molecule has 0 aromatic carbocycles. The molecule has 0 N–H and O–H groups in total. The average molecular weight is 268 g/mol. The van der Waals surface area contributed by atoms with Crippen molar-refractivity contribution in [2.45, 2.75) is 0 Å². The van der Waals surface area contributed by atoms with Crippen LogP contribution in [0.5, 0.6) is 0 Å². The van der Waals surface area contributed by atoms with Crippen LogP contribution in [-0.2, 0) is 4.79 Å². The summed E-state index contributed by atoms with van der Waals surface area (Å²) in [4.78, 5) is 18.2. The molecule has 2 rings (SSSR count). The van der Waals surface area contributed by atoms with Gasteiger partial charge in [0.05, 0.1) is 4.91 Å². The molecule has 1 amide bonds. The molecule has 0 saturated carbocycles. The van der Waals surface area contributed by atoms with E-state index in [0.29, 0.717) is 15.8 Å². The number of thioether (sulfide) groups is 1. The largest absolute Gasteiger partial charge is 0.289 e. The van der Waals surface area contributed by atoms with Crippen molar-refractivity contribution in [1.82, 2.24) is 9.88 Å². The molecule has 1 aliphatic rings. The standard InChI is InChI=1S/C10H8N2OS3/c1-2-4-12-9(13)7(16-10(12)14)6-8-11-3-5-15-8/h2-3,5-6H,1,4H2/b7-6+. The Morgan fingerprint density at radius 2 is 2.44 bits per heavy atom. The zero-order chi connectivity index (χ0) is 11.5. The van der Waals surface area contributed by atoms with E-state index in [1.165, 1.54) is 28.0 Å². The number of hydrogen-bond donors (Lipinski definition) is 0. The van der Waals surface area contributed by atoms with Gasteiger partial charge in [-0.1, -0.05) is 30.1 Å². The fourth-order valence-corrected chi connectivity index (χ4v) is 3.10. The summed E-state index contributed by atoms with van der Waals surface area (Å²) in [6.07, 6.45) is 5.14. The molecule has 1 aromatic heterocycles. The fraction of sp³-hybridized carbons (Fsp3) is 0.100. The molecule has 1 aromatic rings. The van der Waals surface area contributed by atoms with Gasteiger partial charge in [-0.2, -0.15) is 0 Å². The Labute approximate surface area is 107 Å². The number of carbonyl (C=O) groups excluding carboxylic acids is 1. The number of nitrogens with zero attached hydrogens (tertiary/aromatic N) is 2. The predicted molar refractivity (Wildman–Crippen MR) is 72.2 cm³/mol. The van der Waals surface area contributed by atoms with E-state index >= 15 is 0 Å². The van der Waals surface area contributed by atoms with Gasteiger partial charge in [0.25, 0.3) is 5.91 Å². The van der Waals surface area contributed by atoms with E-state index in [-0.39, 0.29) is 5.91 Å². The lowest BCUT2D eigenvalue weighted by molar-refractivity contribution is -0.121. The van der Waals surface area contributed by atoms with Crippen LogP contribution in [0, 0.1) is 0 Å². The summed E-state index contributed by atoms with van der Waals surface area (Å²) in [7, 11) is 0. The van der Waals surface area contributed by atoms with Crippen LogP contribution in [0.1, 0.15) is 5.01 Å². The zero-order valence-electron chi connectivity index (χ0n) is 8.25. The molecular weight excluding hydrogens is 260 g/mol. The van der Waals surface area contributed by atoms with Crippen molar-refractivity contribution in [3.05, 3.63) is 34.1 Å². The van der Waals surface area contributed by atoms with Gasteiger partial charge < -0.3 is 0 Å². The van der Waals surface area contributed by atoms with Crippen molar-refractivity contribution in [3.63, 3.8) is 0 Å². The molecule has 6 heteroatoms. The van der Waals surface area contributed by atoms with Crippen LogP contribution in [0.15, 0.2) is 29.1 Å². The van der Waals surface area contributed by atoms with Crippen molar-refractivity contribution in [2.75, 3.05) is 6.54 Å². The Morgan fingerprint density at radius 3 is 3.06 bits per heavy atom. The first kappa shape index (κ1) is 11.5. The second kappa shape index (κ2) is 4.90. The molecule has 1 saturated heterocycles. The topological polar surface area (TPSA) is 33.2 Å². The van der Waals surface area contributed by atoms with Crippen molar-refractivity contribution < 1.29 is 4.79 Å². The molecule has 2 heterocycles. The molecule has 3 nitrogen and oxygen atoms in total. The van der Waals surface area contributed by atoms with E-state index in [1.807, 2.05) is 5.38 Å². The number of hydrogen-bond acceptors (Lipinski definition) is 5. The summed E-state index contributed by atoms with van der Waals surface area (Å²) in [6, 6.07) is 0. The lowest BCUT2D eigenvalue weighted by Gasteiger charge is -2.10. The SMILES string of the molecule is C=CCN1C(=O)/C(=C\c2nccs2)SC1=S. The Hall–Kier alpha value is -0.980. The maximum Gasteiger partial charge on any atom is 0.266 e. The van der Waals surface area contributed by atoms with Gasteiger partial charge in [0.15, 0.2) is 0 Å². The van der Waals surface area contributed by atoms with Crippen molar-refractivity contribution in [1.29, 1.82) is 0 Å². The van der Waals surface area contributed by atoms with Gasteiger partial charge >= 0.3 is 0 Å². The average Bonchev–Trinajstić information content (AvgIpc) is 2.84. The minimum Gasteiger partial charge on any atom is -0.289 e. The van der Waals surface area contributed by atoms with E-state index in [1.54, 1.807) is 18.3 Å². The Bertz CT molecular complexity index is 464. The highest BCUT2D eigenvalue weighted by Gasteiger charge is 2.31. The number of carbonyl (C=O) groups is 1. The van der Waals surface area contributed by atoms with Crippen molar-refractivity contribution in [2.24, 2.45) is 0 Å². The molecular formula is C10H8N2OS3. The van der Waals surface area contributed by atoms with Gasteiger partial charge in [0.1, 0.15) is 9.33 Å². The highest BCUT2D eigenvalue weighted by atomic mass is 32.2. The summed E-state index contributed by atoms with van der Waals surface area (Å²) in [5.74, 6) is -0.0647. The van der Waals surface area contributed by atoms with Crippen LogP contribution in [0.3, 0.4) is 0 Å². The van der Waals surface area contributed by atoms with E-state index in [0.717, 1.165) is 5.01 Å². The normalized spacial score (nSPS) is 18.5. The number of rotatable bonds is 3. The van der Waals surface area contributed by atoms with Gasteiger partial charge in [-0.15, -0.1) is 17.9 Å². The predicted octanol–water partition coefficient (Wildman–Crippen LogP) is 2.53. The quantitative estimate of drug-likeness (QED) is 0.479. The van der Waals surface area contributed by atoms with Gasteiger partial charge in [0, 0.05) is 18.1 Å². The van der Waals surface area contributed by atoms with Gasteiger partial charge in [-0.05, 0) is 6.08 Å². The lowest BCUT2D eigenvalue weighted by atomic mass is 10.4. The molecule has 82 valence electrons. The molecule has 1 fully saturated rings. The van der Waals surface area contributed by atoms with Gasteiger partial charge in [-0.25, -0.2) is 4.98 Å². The molecule has 0 spiro atoms. The molecule has 0 unspecified atom stereocenters. The molecule has 0 bridgehead atoms. The maximum atomic E-state index is 11.9. The third kappa shape index (κ3) is 2.23. The van der Waals surface area contributed by atoms with Crippen LogP contribution in [0.25, 0.3) is 6.08 Å². The minimum atomic E-state index is -0.0647. The first-order chi connectivity index (χ1) is 7.72. The number of amides is 1. The van der Waals surface area contributed by atoms with Crippen LogP contribution >= 0.6 is 35.3 Å². The number of thiocarbonyl (C=S) groups is 1. The first-order valence-electron chi connectivity index (χ1n) is 4.48. The Morgan fingerprint density at radius 1 is 1.62 bits per heavy atom. The second-order valence-electron chi connectivity index (χ2n) is 2.95. The monoisotopic (exact) mass is 268 g/mol. The van der Waals surface area contributed by atoms with Gasteiger partial charge in [-0.3, -0.25) is 9.69 Å². The Kier molecular flexibility index (Phi) is 3.52. The van der Waals surface area contributed by atoms with Crippen LogP contribution < -0.4 is 0 Å². The molecule has 0 radical (unpaired) electrons. The van der Waals surface area contributed by atoms with E-state index in [4.69, 9.17) is 12.2 Å². The fourth-order valence-electron chi connectivity index (χ4n) is 1.20. The third-order valence-corrected chi connectivity index (χ3v) is 3.99. The van der Waals surface area contributed by atoms with Crippen molar-refractivity contribution in [3.8, 4) is 0 Å². The number of aromatic nitrogens is 1. The van der Waals surface area contributed by atoms with E-state index < -0.39 is 0 Å². The smallest absolute Gasteiger partial charge is 0.266 e. The summed E-state index contributed by atoms with van der Waals surface area (Å²) in [5.41, 5.74) is 0. The van der Waals surface area contributed by atoms with E-state index in [2.05, 4.69) is 11.6 Å². The van der Waals surface area contributed by atoms with Crippen LogP contribution in [0.4, 0.5) is 0 Å². The maximum absolute atomic E-state index is 11.9. The third-order valence-electron chi connectivity index (χ3n) is 1.89. The van der Waals surface area contributed by atoms with Crippen LogP contribution in [0.2, 0.25) is 0 Å². The first-order valence-corrected chi connectivity index (χ1v) is 6.58. The number of thiazole rings is 1. The summed E-state index contributed by atoms with van der Waals surface area (Å²) < 4.78 is 0.577. The summed E-state index contributed by atoms with van der Waals surface area (Å²) in [5, 5.41) is 2.69. The Balaban J connectivity index is 2.23. The lowest BCUT2D eigenvalue weighted by Crippen LogP contribution is -2.27. The molecule has 0 aliphatic carbocycles. The minimum absolute atomic E-state index is 0.0647. The van der Waals surface area contributed by atoms with Crippen LogP contribution in [-0.4, -0.2) is 26.7 Å². The molecule has 1 aliphatic heterocycles. The zero-order valence-corrected chi connectivity index (χ0v) is 10.7. The summed E-state index contributed by atoms with van der Waals surface area (Å²) >= 11 is 7.92. The second-order valence-corrected chi connectivity index (χ2v) is 5.55. The summed E-state index contributed by atoms with van der Waals surface area (Å²) in [6.45, 7) is 4.06. The molecule has 16 heavy (non-hydrogen) atoms. The van der Waals surface area contributed by atoms with E-state index in [9.17, 15) is 4.79 Å².